The smallest absolute Gasteiger partial charge is 0.267 e. The lowest BCUT2D eigenvalue weighted by atomic mass is 9.90. The van der Waals surface area contributed by atoms with Crippen LogP contribution in [0.4, 0.5) is 0 Å². The van der Waals surface area contributed by atoms with Crippen molar-refractivity contribution in [3.63, 3.8) is 0 Å². The van der Waals surface area contributed by atoms with Crippen molar-refractivity contribution in [1.29, 1.82) is 0 Å². The molecule has 1 saturated carbocycles. The Morgan fingerprint density at radius 2 is 2.20 bits per heavy atom. The van der Waals surface area contributed by atoms with Crippen LogP contribution in [0.1, 0.15) is 43.1 Å². The van der Waals surface area contributed by atoms with Crippen LogP contribution < -0.4 is 5.32 Å². The predicted octanol–water partition coefficient (Wildman–Crippen LogP) is 2.33. The number of nitrogens with one attached hydrogen (secondary N) is 2. The van der Waals surface area contributed by atoms with Gasteiger partial charge in [0.2, 0.25) is 5.91 Å². The summed E-state index contributed by atoms with van der Waals surface area (Å²) in [7, 11) is 0. The molecule has 1 unspecified atom stereocenters. The number of aromatic nitrogens is 2. The third-order valence-corrected chi connectivity index (χ3v) is 5.95. The number of piperidine rings is 1. The quantitative estimate of drug-likeness (QED) is 0.897. The molecule has 2 amide bonds. The van der Waals surface area contributed by atoms with Crippen molar-refractivity contribution in [2.75, 3.05) is 19.6 Å². The van der Waals surface area contributed by atoms with Crippen molar-refractivity contribution < 1.29 is 9.59 Å². The van der Waals surface area contributed by atoms with E-state index in [1.165, 1.54) is 0 Å². The summed E-state index contributed by atoms with van der Waals surface area (Å²) in [6.07, 6.45) is 7.35. The molecule has 2 aromatic heterocycles. The highest BCUT2D eigenvalue weighted by atomic mass is 16.2. The third kappa shape index (κ3) is 3.01. The van der Waals surface area contributed by atoms with Gasteiger partial charge in [-0.25, -0.2) is 0 Å². The van der Waals surface area contributed by atoms with E-state index in [0.29, 0.717) is 30.0 Å². The molecule has 2 fully saturated rings. The standard InChI is InChI=1S/C19H24N4O2/c1-2-17(24)23-7-4-19(5-8-23)10-14(19)12-21-18(25)16-9-13-11-20-6-3-15(13)22-16/h3,6,9,11,14,22H,2,4-5,7-8,10,12H2,1H3,(H,21,25). The molecular formula is C19H24N4O2. The first kappa shape index (κ1) is 16.1. The summed E-state index contributed by atoms with van der Waals surface area (Å²) < 4.78 is 0. The second-order valence-electron chi connectivity index (χ2n) is 7.35. The van der Waals surface area contributed by atoms with Gasteiger partial charge in [-0.1, -0.05) is 6.92 Å². The molecule has 132 valence electrons. The van der Waals surface area contributed by atoms with E-state index in [1.54, 1.807) is 12.4 Å². The molecule has 1 spiro atoms. The molecule has 0 radical (unpaired) electrons. The largest absolute Gasteiger partial charge is 0.350 e. The topological polar surface area (TPSA) is 78.1 Å². The number of pyridine rings is 1. The van der Waals surface area contributed by atoms with Crippen molar-refractivity contribution in [2.45, 2.75) is 32.6 Å². The van der Waals surface area contributed by atoms with E-state index in [1.807, 2.05) is 24.0 Å². The molecule has 0 aromatic carbocycles. The Bertz CT molecular complexity index is 772. The highest BCUT2D eigenvalue weighted by Gasteiger charge is 2.54. The van der Waals surface area contributed by atoms with Crippen LogP contribution in [-0.4, -0.2) is 46.3 Å². The number of fused-ring (bicyclic) bond motifs is 1. The highest BCUT2D eigenvalue weighted by molar-refractivity contribution is 5.97. The Morgan fingerprint density at radius 1 is 1.40 bits per heavy atom. The van der Waals surface area contributed by atoms with Gasteiger partial charge in [-0.2, -0.15) is 0 Å². The van der Waals surface area contributed by atoms with Crippen LogP contribution in [0.5, 0.6) is 0 Å². The second-order valence-corrected chi connectivity index (χ2v) is 7.35. The van der Waals surface area contributed by atoms with Gasteiger partial charge in [0.1, 0.15) is 5.69 Å². The van der Waals surface area contributed by atoms with E-state index in [0.717, 1.165) is 43.3 Å². The summed E-state index contributed by atoms with van der Waals surface area (Å²) in [5.41, 5.74) is 1.86. The van der Waals surface area contributed by atoms with Crippen molar-refractivity contribution >= 4 is 22.7 Å². The van der Waals surface area contributed by atoms with Crippen LogP contribution in [-0.2, 0) is 4.79 Å². The number of amides is 2. The van der Waals surface area contributed by atoms with Crippen molar-refractivity contribution in [3.05, 3.63) is 30.2 Å². The van der Waals surface area contributed by atoms with Gasteiger partial charge in [0.05, 0.1) is 0 Å². The third-order valence-electron chi connectivity index (χ3n) is 5.95. The first-order chi connectivity index (χ1) is 12.1. The maximum atomic E-state index is 12.4. The first-order valence-electron chi connectivity index (χ1n) is 9.10. The Labute approximate surface area is 147 Å². The summed E-state index contributed by atoms with van der Waals surface area (Å²) in [5, 5.41) is 4.02. The number of hydrogen-bond acceptors (Lipinski definition) is 3. The van der Waals surface area contributed by atoms with E-state index in [4.69, 9.17) is 0 Å². The number of nitrogens with zero attached hydrogens (tertiary/aromatic N) is 2. The molecule has 1 aliphatic heterocycles. The summed E-state index contributed by atoms with van der Waals surface area (Å²) in [4.78, 5) is 33.4. The number of rotatable bonds is 4. The van der Waals surface area contributed by atoms with Gasteiger partial charge in [0.25, 0.3) is 5.91 Å². The SMILES string of the molecule is CCC(=O)N1CCC2(CC1)CC2CNC(=O)c1cc2cnccc2[nH]1. The Balaban J connectivity index is 1.30. The number of carbonyl (C=O) groups is 2. The molecule has 6 heteroatoms. The maximum Gasteiger partial charge on any atom is 0.267 e. The molecule has 1 atom stereocenters. The monoisotopic (exact) mass is 340 g/mol. The van der Waals surface area contributed by atoms with E-state index in [9.17, 15) is 9.59 Å². The van der Waals surface area contributed by atoms with Gasteiger partial charge < -0.3 is 15.2 Å². The lowest BCUT2D eigenvalue weighted by Gasteiger charge is -2.33. The minimum absolute atomic E-state index is 0.0585. The Morgan fingerprint density at radius 3 is 2.92 bits per heavy atom. The predicted molar refractivity (Wildman–Crippen MR) is 95.1 cm³/mol. The number of carbonyl (C=O) groups excluding carboxylic acids is 2. The zero-order chi connectivity index (χ0) is 17.4. The van der Waals surface area contributed by atoms with Gasteiger partial charge in [-0.15, -0.1) is 0 Å². The first-order valence-corrected chi connectivity index (χ1v) is 9.10. The number of H-pyrrole nitrogens is 1. The van der Waals surface area contributed by atoms with Gasteiger partial charge in [-0.3, -0.25) is 14.6 Å². The van der Waals surface area contributed by atoms with E-state index in [-0.39, 0.29) is 11.8 Å². The van der Waals surface area contributed by atoms with E-state index in [2.05, 4.69) is 15.3 Å². The number of likely N-dealkylation sites (tertiary alicyclic amines) is 1. The molecule has 2 aliphatic rings. The lowest BCUT2D eigenvalue weighted by molar-refractivity contribution is -0.132. The number of hydrogen-bond donors (Lipinski definition) is 2. The molecule has 3 heterocycles. The fourth-order valence-corrected chi connectivity index (χ4v) is 4.16. The van der Waals surface area contributed by atoms with Crippen molar-refractivity contribution in [3.8, 4) is 0 Å². The van der Waals surface area contributed by atoms with Gasteiger partial charge in [0.15, 0.2) is 0 Å². The van der Waals surface area contributed by atoms with Crippen LogP contribution in [0.15, 0.2) is 24.5 Å². The summed E-state index contributed by atoms with van der Waals surface area (Å²) in [6.45, 7) is 4.37. The van der Waals surface area contributed by atoms with Gasteiger partial charge in [0, 0.05) is 49.4 Å². The summed E-state index contributed by atoms with van der Waals surface area (Å²) in [6, 6.07) is 3.71. The molecule has 2 aromatic rings. The molecule has 4 rings (SSSR count). The molecule has 2 N–H and O–H groups in total. The molecule has 0 bridgehead atoms. The highest BCUT2D eigenvalue weighted by Crippen LogP contribution is 2.59. The van der Waals surface area contributed by atoms with Crippen LogP contribution >= 0.6 is 0 Å². The average molecular weight is 340 g/mol. The lowest BCUT2D eigenvalue weighted by Crippen LogP contribution is -2.39. The normalized spacial score (nSPS) is 21.5. The van der Waals surface area contributed by atoms with Crippen molar-refractivity contribution in [1.82, 2.24) is 20.2 Å². The molecule has 6 nitrogen and oxygen atoms in total. The minimum Gasteiger partial charge on any atom is -0.350 e. The zero-order valence-electron chi connectivity index (χ0n) is 14.5. The van der Waals surface area contributed by atoms with Crippen LogP contribution in [0, 0.1) is 11.3 Å². The van der Waals surface area contributed by atoms with E-state index < -0.39 is 0 Å². The van der Waals surface area contributed by atoms with Crippen LogP contribution in [0.3, 0.4) is 0 Å². The zero-order valence-corrected chi connectivity index (χ0v) is 14.5. The average Bonchev–Trinajstić information content (AvgIpc) is 3.12. The summed E-state index contributed by atoms with van der Waals surface area (Å²) >= 11 is 0. The van der Waals surface area contributed by atoms with Gasteiger partial charge in [-0.05, 0) is 42.7 Å². The molecule has 25 heavy (non-hydrogen) atoms. The van der Waals surface area contributed by atoms with E-state index >= 15 is 0 Å². The summed E-state index contributed by atoms with van der Waals surface area (Å²) in [5.74, 6) is 0.742. The fourth-order valence-electron chi connectivity index (χ4n) is 4.16. The van der Waals surface area contributed by atoms with Gasteiger partial charge >= 0.3 is 0 Å². The fraction of sp³-hybridized carbons (Fsp3) is 0.526. The van der Waals surface area contributed by atoms with Crippen molar-refractivity contribution in [2.24, 2.45) is 11.3 Å². The minimum atomic E-state index is -0.0585. The Hall–Kier alpha value is -2.37. The van der Waals surface area contributed by atoms with Crippen LogP contribution in [0.2, 0.25) is 0 Å². The molecular weight excluding hydrogens is 316 g/mol. The number of aromatic amines is 1. The molecule has 1 aliphatic carbocycles. The Kier molecular flexibility index (Phi) is 3.98. The molecule has 1 saturated heterocycles. The van der Waals surface area contributed by atoms with Crippen LogP contribution in [0.25, 0.3) is 10.9 Å². The maximum absolute atomic E-state index is 12.4. The second kappa shape index (κ2) is 6.17.